The highest BCUT2D eigenvalue weighted by Gasteiger charge is 2.39. The zero-order valence-corrected chi connectivity index (χ0v) is 19.4. The average Bonchev–Trinajstić information content (AvgIpc) is 3.45. The van der Waals surface area contributed by atoms with Crippen LogP contribution in [0.4, 0.5) is 6.01 Å². The van der Waals surface area contributed by atoms with E-state index >= 15 is 0 Å². The highest BCUT2D eigenvalue weighted by atomic mass is 35.5. The molecule has 0 bridgehead atoms. The van der Waals surface area contributed by atoms with Gasteiger partial charge in [-0.05, 0) is 49.2 Å². The maximum Gasteiger partial charge on any atom is 0.322 e. The monoisotopic (exact) mass is 492 g/mol. The first kappa shape index (κ1) is 22.8. The molecular weight excluding hydrogens is 472 g/mol. The second-order valence-corrected chi connectivity index (χ2v) is 10.6. The number of halogens is 1. The van der Waals surface area contributed by atoms with Gasteiger partial charge in [-0.25, -0.2) is 8.42 Å². The smallest absolute Gasteiger partial charge is 0.322 e. The molecule has 1 unspecified atom stereocenters. The van der Waals surface area contributed by atoms with Gasteiger partial charge in [0.2, 0.25) is 21.8 Å². The molecule has 2 aromatic carbocycles. The number of thioether (sulfide) groups is 1. The van der Waals surface area contributed by atoms with E-state index in [2.05, 4.69) is 15.5 Å². The number of anilines is 1. The molecule has 0 spiro atoms. The van der Waals surface area contributed by atoms with Crippen LogP contribution in [-0.2, 0) is 21.2 Å². The molecule has 3 aromatic rings. The first-order chi connectivity index (χ1) is 15.4. The Morgan fingerprint density at radius 2 is 1.91 bits per heavy atom. The van der Waals surface area contributed by atoms with Crippen LogP contribution in [0, 0.1) is 0 Å². The van der Waals surface area contributed by atoms with Crippen LogP contribution >= 0.6 is 23.4 Å². The second kappa shape index (κ2) is 10.0. The molecule has 32 heavy (non-hydrogen) atoms. The summed E-state index contributed by atoms with van der Waals surface area (Å²) in [5.41, 5.74) is 0. The lowest BCUT2D eigenvalue weighted by Crippen LogP contribution is -2.43. The number of aryl methyl sites for hydroxylation is 1. The molecule has 2 heterocycles. The Balaban J connectivity index is 1.36. The van der Waals surface area contributed by atoms with E-state index in [9.17, 15) is 13.2 Å². The van der Waals surface area contributed by atoms with Crippen molar-refractivity contribution in [2.24, 2.45) is 0 Å². The standard InChI is InChI=1S/C21H21ClN4O4S2/c22-15-8-10-17(11-9-15)32(28,29)26-13-4-7-18(26)20(27)23-21-25-24-19(30-21)12-14-31-16-5-2-1-3-6-16/h1-3,5-6,8-11,18H,4,7,12-14H2,(H,23,25,27). The van der Waals surface area contributed by atoms with Crippen LogP contribution in [0.1, 0.15) is 18.7 Å². The van der Waals surface area contributed by atoms with Gasteiger partial charge in [0.05, 0.1) is 4.90 Å². The van der Waals surface area contributed by atoms with E-state index in [1.165, 1.54) is 28.6 Å². The van der Waals surface area contributed by atoms with Crippen molar-refractivity contribution in [3.05, 3.63) is 65.5 Å². The third-order valence-electron chi connectivity index (χ3n) is 4.95. The van der Waals surface area contributed by atoms with E-state index < -0.39 is 22.0 Å². The summed E-state index contributed by atoms with van der Waals surface area (Å²) in [6, 6.07) is 15.0. The zero-order valence-electron chi connectivity index (χ0n) is 17.0. The fourth-order valence-electron chi connectivity index (χ4n) is 3.40. The summed E-state index contributed by atoms with van der Waals surface area (Å²) in [6.07, 6.45) is 1.53. The van der Waals surface area contributed by atoms with E-state index in [0.29, 0.717) is 30.2 Å². The number of hydrogen-bond donors (Lipinski definition) is 1. The number of amides is 1. The molecule has 1 saturated heterocycles. The molecule has 0 saturated carbocycles. The number of sulfonamides is 1. The predicted molar refractivity (Wildman–Crippen MR) is 122 cm³/mol. The van der Waals surface area contributed by atoms with Crippen LogP contribution in [0.5, 0.6) is 0 Å². The maximum atomic E-state index is 13.0. The van der Waals surface area contributed by atoms with E-state index in [1.54, 1.807) is 11.8 Å². The van der Waals surface area contributed by atoms with Crippen LogP contribution < -0.4 is 5.32 Å². The van der Waals surface area contributed by atoms with Crippen molar-refractivity contribution in [3.63, 3.8) is 0 Å². The second-order valence-electron chi connectivity index (χ2n) is 7.13. The number of carbonyl (C=O) groups excluding carboxylic acids is 1. The minimum absolute atomic E-state index is 0.0366. The number of nitrogens with zero attached hydrogens (tertiary/aromatic N) is 3. The van der Waals surface area contributed by atoms with Crippen molar-refractivity contribution in [2.75, 3.05) is 17.6 Å². The summed E-state index contributed by atoms with van der Waals surface area (Å²) in [4.78, 5) is 14.0. The predicted octanol–water partition coefficient (Wildman–Crippen LogP) is 3.85. The Hall–Kier alpha value is -2.40. The van der Waals surface area contributed by atoms with Crippen LogP contribution in [0.15, 0.2) is 68.8 Å². The summed E-state index contributed by atoms with van der Waals surface area (Å²) in [6.45, 7) is 0.259. The molecule has 1 aliphatic rings. The highest BCUT2D eigenvalue weighted by molar-refractivity contribution is 7.99. The van der Waals surface area contributed by atoms with Gasteiger partial charge in [0, 0.05) is 28.6 Å². The lowest BCUT2D eigenvalue weighted by Gasteiger charge is -2.22. The largest absolute Gasteiger partial charge is 0.408 e. The fourth-order valence-corrected chi connectivity index (χ4v) is 6.04. The summed E-state index contributed by atoms with van der Waals surface area (Å²) in [5, 5.41) is 10.8. The summed E-state index contributed by atoms with van der Waals surface area (Å²) < 4.78 is 32.7. The van der Waals surface area contributed by atoms with Crippen molar-refractivity contribution in [3.8, 4) is 0 Å². The maximum absolute atomic E-state index is 13.0. The van der Waals surface area contributed by atoms with Crippen molar-refractivity contribution < 1.29 is 17.6 Å². The minimum Gasteiger partial charge on any atom is -0.408 e. The van der Waals surface area contributed by atoms with E-state index in [-0.39, 0.29) is 17.5 Å². The van der Waals surface area contributed by atoms with Gasteiger partial charge in [0.1, 0.15) is 6.04 Å². The first-order valence-electron chi connectivity index (χ1n) is 10.0. The molecule has 0 radical (unpaired) electrons. The van der Waals surface area contributed by atoms with Crippen molar-refractivity contribution >= 4 is 45.3 Å². The Morgan fingerprint density at radius 1 is 1.16 bits per heavy atom. The van der Waals surface area contributed by atoms with Crippen LogP contribution in [0.2, 0.25) is 5.02 Å². The molecule has 1 aromatic heterocycles. The Kier molecular flexibility index (Phi) is 7.14. The number of benzene rings is 2. The number of rotatable bonds is 8. The molecular formula is C21H21ClN4O4S2. The normalized spacial score (nSPS) is 16.8. The minimum atomic E-state index is -3.83. The summed E-state index contributed by atoms with van der Waals surface area (Å²) in [7, 11) is -3.83. The Labute approximate surface area is 195 Å². The Bertz CT molecular complexity index is 1170. The summed E-state index contributed by atoms with van der Waals surface area (Å²) in [5.74, 6) is 0.657. The number of carbonyl (C=O) groups is 1. The van der Waals surface area contributed by atoms with Gasteiger partial charge in [-0.15, -0.1) is 16.9 Å². The van der Waals surface area contributed by atoms with E-state index in [4.69, 9.17) is 16.0 Å². The van der Waals surface area contributed by atoms with Crippen molar-refractivity contribution in [2.45, 2.75) is 35.1 Å². The fraction of sp³-hybridized carbons (Fsp3) is 0.286. The third-order valence-corrected chi connectivity index (χ3v) is 8.14. The molecule has 0 aliphatic carbocycles. The topological polar surface area (TPSA) is 105 Å². The lowest BCUT2D eigenvalue weighted by atomic mass is 10.2. The SMILES string of the molecule is O=C(Nc1nnc(CCSc2ccccc2)o1)C1CCCN1S(=O)(=O)c1ccc(Cl)cc1. The molecule has 168 valence electrons. The van der Waals surface area contributed by atoms with E-state index in [0.717, 1.165) is 10.6 Å². The Morgan fingerprint density at radius 3 is 2.66 bits per heavy atom. The van der Waals surface area contributed by atoms with Gasteiger partial charge in [-0.2, -0.15) is 4.31 Å². The van der Waals surface area contributed by atoms with Gasteiger partial charge in [-0.3, -0.25) is 10.1 Å². The highest BCUT2D eigenvalue weighted by Crippen LogP contribution is 2.28. The molecule has 8 nitrogen and oxygen atoms in total. The molecule has 1 amide bonds. The molecule has 4 rings (SSSR count). The number of nitrogens with one attached hydrogen (secondary N) is 1. The van der Waals surface area contributed by atoms with Crippen LogP contribution in [0.25, 0.3) is 0 Å². The first-order valence-corrected chi connectivity index (χ1v) is 12.8. The van der Waals surface area contributed by atoms with Crippen LogP contribution in [-0.4, -0.2) is 47.2 Å². The van der Waals surface area contributed by atoms with Gasteiger partial charge in [0.15, 0.2) is 0 Å². The number of aromatic nitrogens is 2. The summed E-state index contributed by atoms with van der Waals surface area (Å²) >= 11 is 7.52. The van der Waals surface area contributed by atoms with Crippen molar-refractivity contribution in [1.82, 2.24) is 14.5 Å². The molecule has 1 aliphatic heterocycles. The molecule has 1 atom stereocenters. The zero-order chi connectivity index (χ0) is 22.6. The molecule has 1 N–H and O–H groups in total. The van der Waals surface area contributed by atoms with Crippen LogP contribution in [0.3, 0.4) is 0 Å². The van der Waals surface area contributed by atoms with E-state index in [1.807, 2.05) is 30.3 Å². The average molecular weight is 493 g/mol. The van der Waals surface area contributed by atoms with Gasteiger partial charge in [0.25, 0.3) is 0 Å². The van der Waals surface area contributed by atoms with Gasteiger partial charge < -0.3 is 4.42 Å². The van der Waals surface area contributed by atoms with Gasteiger partial charge >= 0.3 is 6.01 Å². The lowest BCUT2D eigenvalue weighted by molar-refractivity contribution is -0.119. The number of hydrogen-bond acceptors (Lipinski definition) is 7. The quantitative estimate of drug-likeness (QED) is 0.476. The molecule has 11 heteroatoms. The van der Waals surface area contributed by atoms with Gasteiger partial charge in [-0.1, -0.05) is 34.9 Å². The van der Waals surface area contributed by atoms with Crippen molar-refractivity contribution in [1.29, 1.82) is 0 Å². The molecule has 1 fully saturated rings. The third kappa shape index (κ3) is 5.32.